The molecular formula is C9H16N2O4. The number of amides is 2. The van der Waals surface area contributed by atoms with E-state index in [1.165, 1.54) is 7.11 Å². The third-order valence-electron chi connectivity index (χ3n) is 2.38. The van der Waals surface area contributed by atoms with Gasteiger partial charge in [-0.3, -0.25) is 0 Å². The Bertz CT molecular complexity index is 236. The summed E-state index contributed by atoms with van der Waals surface area (Å²) >= 11 is 0. The van der Waals surface area contributed by atoms with Crippen molar-refractivity contribution in [1.82, 2.24) is 5.32 Å². The van der Waals surface area contributed by atoms with Crippen molar-refractivity contribution >= 4 is 12.2 Å². The maximum Gasteiger partial charge on any atom is 0.416 e. The van der Waals surface area contributed by atoms with Gasteiger partial charge in [0.15, 0.2) is 0 Å². The number of carbonyl (C=O) groups excluding carboxylic acids is 2. The SMILES string of the molecule is COC(=O)NC(=O)OC1CCC(N)CC1. The van der Waals surface area contributed by atoms with Gasteiger partial charge in [0.05, 0.1) is 7.11 Å². The zero-order chi connectivity index (χ0) is 11.3. The summed E-state index contributed by atoms with van der Waals surface area (Å²) < 4.78 is 9.26. The molecule has 0 radical (unpaired) electrons. The van der Waals surface area contributed by atoms with Crippen molar-refractivity contribution in [1.29, 1.82) is 0 Å². The molecule has 6 nitrogen and oxygen atoms in total. The van der Waals surface area contributed by atoms with Gasteiger partial charge < -0.3 is 15.2 Å². The van der Waals surface area contributed by atoms with Crippen molar-refractivity contribution in [3.05, 3.63) is 0 Å². The Balaban J connectivity index is 2.23. The van der Waals surface area contributed by atoms with Crippen molar-refractivity contribution in [3.8, 4) is 0 Å². The number of hydrogen-bond donors (Lipinski definition) is 2. The lowest BCUT2D eigenvalue weighted by molar-refractivity contribution is 0.0705. The van der Waals surface area contributed by atoms with Crippen molar-refractivity contribution in [2.24, 2.45) is 5.73 Å². The van der Waals surface area contributed by atoms with Crippen LogP contribution in [0.5, 0.6) is 0 Å². The van der Waals surface area contributed by atoms with Crippen LogP contribution in [-0.2, 0) is 9.47 Å². The molecule has 0 saturated heterocycles. The van der Waals surface area contributed by atoms with E-state index in [1.807, 2.05) is 5.32 Å². The number of hydrogen-bond acceptors (Lipinski definition) is 5. The van der Waals surface area contributed by atoms with Gasteiger partial charge in [0.1, 0.15) is 6.10 Å². The van der Waals surface area contributed by atoms with Crippen LogP contribution in [0.3, 0.4) is 0 Å². The number of alkyl carbamates (subject to hydrolysis) is 2. The van der Waals surface area contributed by atoms with Crippen molar-refractivity contribution in [2.45, 2.75) is 37.8 Å². The van der Waals surface area contributed by atoms with E-state index >= 15 is 0 Å². The minimum atomic E-state index is -0.812. The molecule has 2 amide bonds. The summed E-state index contributed by atoms with van der Waals surface area (Å²) in [5, 5.41) is 1.93. The Morgan fingerprint density at radius 1 is 1.20 bits per heavy atom. The number of nitrogens with one attached hydrogen (secondary N) is 1. The molecule has 0 atom stereocenters. The van der Waals surface area contributed by atoms with E-state index in [9.17, 15) is 9.59 Å². The van der Waals surface area contributed by atoms with Gasteiger partial charge in [-0.25, -0.2) is 14.9 Å². The van der Waals surface area contributed by atoms with E-state index in [1.54, 1.807) is 0 Å². The topological polar surface area (TPSA) is 90.6 Å². The smallest absolute Gasteiger partial charge is 0.416 e. The molecule has 86 valence electrons. The van der Waals surface area contributed by atoms with Crippen LogP contribution in [0.4, 0.5) is 9.59 Å². The maximum atomic E-state index is 11.1. The van der Waals surface area contributed by atoms with Crippen LogP contribution in [0.25, 0.3) is 0 Å². The quantitative estimate of drug-likeness (QED) is 0.674. The molecule has 1 fully saturated rings. The summed E-state index contributed by atoms with van der Waals surface area (Å²) in [5.41, 5.74) is 5.70. The fourth-order valence-electron chi connectivity index (χ4n) is 1.52. The van der Waals surface area contributed by atoms with E-state index < -0.39 is 12.2 Å². The van der Waals surface area contributed by atoms with Gasteiger partial charge in [0.2, 0.25) is 0 Å². The normalized spacial score (nSPS) is 25.5. The predicted octanol–water partition coefficient (Wildman–Crippen LogP) is 0.749. The Labute approximate surface area is 88.1 Å². The van der Waals surface area contributed by atoms with Gasteiger partial charge in [0.25, 0.3) is 0 Å². The van der Waals surface area contributed by atoms with Crippen LogP contribution in [0, 0.1) is 0 Å². The number of imide groups is 1. The Kier molecular flexibility index (Phi) is 4.36. The van der Waals surface area contributed by atoms with E-state index in [4.69, 9.17) is 10.5 Å². The predicted molar refractivity (Wildman–Crippen MR) is 52.3 cm³/mol. The maximum absolute atomic E-state index is 11.1. The lowest BCUT2D eigenvalue weighted by atomic mass is 9.94. The van der Waals surface area contributed by atoms with E-state index in [2.05, 4.69) is 4.74 Å². The third kappa shape index (κ3) is 4.16. The highest BCUT2D eigenvalue weighted by Gasteiger charge is 2.22. The molecule has 15 heavy (non-hydrogen) atoms. The first-order valence-electron chi connectivity index (χ1n) is 4.93. The zero-order valence-corrected chi connectivity index (χ0v) is 8.69. The zero-order valence-electron chi connectivity index (χ0n) is 8.69. The minimum Gasteiger partial charge on any atom is -0.453 e. The molecule has 0 aromatic carbocycles. The van der Waals surface area contributed by atoms with Gasteiger partial charge in [-0.1, -0.05) is 0 Å². The molecule has 6 heteroatoms. The molecule has 3 N–H and O–H groups in total. The number of nitrogens with two attached hydrogens (primary N) is 1. The Hall–Kier alpha value is -1.30. The number of methoxy groups -OCH3 is 1. The minimum absolute atomic E-state index is 0.144. The molecule has 0 bridgehead atoms. The first-order chi connectivity index (χ1) is 7.11. The molecule has 0 unspecified atom stereocenters. The van der Waals surface area contributed by atoms with Crippen LogP contribution >= 0.6 is 0 Å². The van der Waals surface area contributed by atoms with Crippen molar-refractivity contribution < 1.29 is 19.1 Å². The fraction of sp³-hybridized carbons (Fsp3) is 0.778. The highest BCUT2D eigenvalue weighted by Crippen LogP contribution is 2.19. The van der Waals surface area contributed by atoms with Crippen LogP contribution < -0.4 is 11.1 Å². The average Bonchev–Trinajstić information content (AvgIpc) is 2.21. The summed E-state index contributed by atoms with van der Waals surface area (Å²) in [6, 6.07) is 0.202. The van der Waals surface area contributed by atoms with Gasteiger partial charge in [-0.05, 0) is 25.7 Å². The monoisotopic (exact) mass is 216 g/mol. The van der Waals surface area contributed by atoms with E-state index in [0.29, 0.717) is 0 Å². The molecule has 1 rings (SSSR count). The highest BCUT2D eigenvalue weighted by molar-refractivity contribution is 5.87. The molecule has 0 aromatic heterocycles. The lowest BCUT2D eigenvalue weighted by Gasteiger charge is -2.25. The number of ether oxygens (including phenoxy) is 2. The molecule has 1 aliphatic carbocycles. The fourth-order valence-corrected chi connectivity index (χ4v) is 1.52. The molecule has 0 aliphatic heterocycles. The molecule has 1 aliphatic rings. The van der Waals surface area contributed by atoms with Gasteiger partial charge in [-0.2, -0.15) is 0 Å². The molecule has 0 aromatic rings. The van der Waals surface area contributed by atoms with Crippen LogP contribution in [0.15, 0.2) is 0 Å². The van der Waals surface area contributed by atoms with E-state index in [-0.39, 0.29) is 12.1 Å². The number of rotatable bonds is 1. The van der Waals surface area contributed by atoms with Crippen molar-refractivity contribution in [3.63, 3.8) is 0 Å². The van der Waals surface area contributed by atoms with Crippen LogP contribution in [-0.4, -0.2) is 31.4 Å². The molecule has 1 saturated carbocycles. The van der Waals surface area contributed by atoms with E-state index in [0.717, 1.165) is 25.7 Å². The summed E-state index contributed by atoms with van der Waals surface area (Å²) in [6.45, 7) is 0. The lowest BCUT2D eigenvalue weighted by Crippen LogP contribution is -2.37. The Morgan fingerprint density at radius 3 is 2.33 bits per heavy atom. The number of carbonyl (C=O) groups is 2. The second kappa shape index (κ2) is 5.55. The Morgan fingerprint density at radius 2 is 1.80 bits per heavy atom. The molecular weight excluding hydrogens is 200 g/mol. The first-order valence-corrected chi connectivity index (χ1v) is 4.93. The van der Waals surface area contributed by atoms with Crippen LogP contribution in [0.1, 0.15) is 25.7 Å². The summed E-state index contributed by atoms with van der Waals surface area (Å²) in [6.07, 6.45) is 1.46. The summed E-state index contributed by atoms with van der Waals surface area (Å²) in [7, 11) is 1.18. The highest BCUT2D eigenvalue weighted by atomic mass is 16.6. The second-order valence-corrected chi connectivity index (χ2v) is 3.56. The molecule has 0 spiro atoms. The third-order valence-corrected chi connectivity index (χ3v) is 2.38. The van der Waals surface area contributed by atoms with Crippen LogP contribution in [0.2, 0.25) is 0 Å². The first kappa shape index (κ1) is 11.8. The largest absolute Gasteiger partial charge is 0.453 e. The van der Waals surface area contributed by atoms with Gasteiger partial charge >= 0.3 is 12.2 Å². The average molecular weight is 216 g/mol. The molecule has 0 heterocycles. The second-order valence-electron chi connectivity index (χ2n) is 3.56. The van der Waals surface area contributed by atoms with Gasteiger partial charge in [0, 0.05) is 6.04 Å². The standard InChI is InChI=1S/C9H16N2O4/c1-14-8(12)11-9(13)15-7-4-2-6(10)3-5-7/h6-7H,2-5,10H2,1H3,(H,11,12,13). The van der Waals surface area contributed by atoms with Crippen molar-refractivity contribution in [2.75, 3.05) is 7.11 Å². The summed E-state index contributed by atoms with van der Waals surface area (Å²) in [5.74, 6) is 0. The van der Waals surface area contributed by atoms with Gasteiger partial charge in [-0.15, -0.1) is 0 Å². The summed E-state index contributed by atoms with van der Waals surface area (Å²) in [4.78, 5) is 21.8.